The zero-order chi connectivity index (χ0) is 18.5. The van der Waals surface area contributed by atoms with Gasteiger partial charge in [0.2, 0.25) is 0 Å². The average molecular weight is 376 g/mol. The van der Waals surface area contributed by atoms with Crippen molar-refractivity contribution in [3.63, 3.8) is 0 Å². The molecule has 0 saturated heterocycles. The third-order valence-electron chi connectivity index (χ3n) is 2.47. The van der Waals surface area contributed by atoms with E-state index in [0.717, 1.165) is 0 Å². The Morgan fingerprint density at radius 2 is 1.96 bits per heavy atom. The Hall–Kier alpha value is -2.00. The van der Waals surface area contributed by atoms with Gasteiger partial charge in [-0.3, -0.25) is 20.3 Å². The van der Waals surface area contributed by atoms with Gasteiger partial charge in [-0.2, -0.15) is 0 Å². The molecule has 0 unspecified atom stereocenters. The number of amides is 2. The number of benzene rings is 1. The van der Waals surface area contributed by atoms with Crippen LogP contribution >= 0.6 is 23.4 Å². The van der Waals surface area contributed by atoms with Crippen molar-refractivity contribution < 1.29 is 19.2 Å². The van der Waals surface area contributed by atoms with Crippen molar-refractivity contribution >= 4 is 41.1 Å². The molecular weight excluding hydrogens is 358 g/mol. The van der Waals surface area contributed by atoms with E-state index >= 15 is 0 Å². The normalized spacial score (nSPS) is 10.9. The number of ether oxygens (including phenoxy) is 1. The highest BCUT2D eigenvalue weighted by Crippen LogP contribution is 2.33. The maximum Gasteiger partial charge on any atom is 0.426 e. The van der Waals surface area contributed by atoms with E-state index in [0.29, 0.717) is 10.6 Å². The van der Waals surface area contributed by atoms with Gasteiger partial charge in [0.25, 0.3) is 11.6 Å². The van der Waals surface area contributed by atoms with E-state index in [9.17, 15) is 19.7 Å². The van der Waals surface area contributed by atoms with Gasteiger partial charge >= 0.3 is 6.09 Å². The number of hydrogen-bond donors (Lipinski definition) is 2. The Bertz CT molecular complexity index is 661. The average Bonchev–Trinajstić information content (AvgIpc) is 2.44. The van der Waals surface area contributed by atoms with E-state index in [2.05, 4.69) is 10.9 Å². The summed E-state index contributed by atoms with van der Waals surface area (Å²) >= 11 is 7.09. The first-order valence-corrected chi connectivity index (χ1v) is 8.31. The largest absolute Gasteiger partial charge is 0.443 e. The number of nitro benzene ring substituents is 1. The molecule has 0 spiro atoms. The number of nitrogens with zero attached hydrogens (tertiary/aromatic N) is 1. The standard InChI is InChI=1S/C14H18ClN3O5S/c1-5-24-11-7-10(18(21)22)9(15)6-8(11)12(19)16-17-13(20)23-14(2,3)4/h6-7H,5H2,1-4H3,(H,16,19)(H,17,20). The van der Waals surface area contributed by atoms with Gasteiger partial charge in [-0.1, -0.05) is 18.5 Å². The van der Waals surface area contributed by atoms with Crippen molar-refractivity contribution in [1.82, 2.24) is 10.9 Å². The highest BCUT2D eigenvalue weighted by Gasteiger charge is 2.22. The number of halogens is 1. The van der Waals surface area contributed by atoms with Crippen LogP contribution in [-0.2, 0) is 4.74 Å². The second-order valence-corrected chi connectivity index (χ2v) is 7.28. The summed E-state index contributed by atoms with van der Waals surface area (Å²) in [4.78, 5) is 34.5. The molecule has 0 aliphatic rings. The van der Waals surface area contributed by atoms with Crippen LogP contribution in [0.3, 0.4) is 0 Å². The molecular formula is C14H18ClN3O5S. The molecule has 1 rings (SSSR count). The molecule has 0 fully saturated rings. The molecule has 10 heteroatoms. The van der Waals surface area contributed by atoms with Crippen LogP contribution in [0.5, 0.6) is 0 Å². The summed E-state index contributed by atoms with van der Waals surface area (Å²) in [6, 6.07) is 2.43. The van der Waals surface area contributed by atoms with E-state index in [4.69, 9.17) is 16.3 Å². The Labute approximate surface area is 148 Å². The van der Waals surface area contributed by atoms with Crippen LogP contribution in [0.1, 0.15) is 38.1 Å². The summed E-state index contributed by atoms with van der Waals surface area (Å²) in [6.07, 6.45) is -0.825. The predicted octanol–water partition coefficient (Wildman–Crippen LogP) is 3.53. The van der Waals surface area contributed by atoms with Gasteiger partial charge in [0, 0.05) is 11.0 Å². The fourth-order valence-electron chi connectivity index (χ4n) is 1.61. The molecule has 8 nitrogen and oxygen atoms in total. The van der Waals surface area contributed by atoms with Gasteiger partial charge in [-0.25, -0.2) is 10.2 Å². The first-order chi connectivity index (χ1) is 11.0. The monoisotopic (exact) mass is 375 g/mol. The Balaban J connectivity index is 2.95. The highest BCUT2D eigenvalue weighted by molar-refractivity contribution is 7.99. The lowest BCUT2D eigenvalue weighted by Gasteiger charge is -2.20. The second kappa shape index (κ2) is 8.20. The Kier molecular flexibility index (Phi) is 6.85. The third kappa shape index (κ3) is 5.89. The summed E-state index contributed by atoms with van der Waals surface area (Å²) in [5.74, 6) is -0.0629. The summed E-state index contributed by atoms with van der Waals surface area (Å²) in [6.45, 7) is 6.88. The van der Waals surface area contributed by atoms with Gasteiger partial charge in [0.15, 0.2) is 0 Å². The number of hydrogen-bond acceptors (Lipinski definition) is 6. The Morgan fingerprint density at radius 1 is 1.33 bits per heavy atom. The molecule has 0 heterocycles. The topological polar surface area (TPSA) is 111 Å². The molecule has 2 amide bonds. The first kappa shape index (κ1) is 20.0. The Morgan fingerprint density at radius 3 is 2.46 bits per heavy atom. The number of hydrazine groups is 1. The molecule has 0 aliphatic heterocycles. The smallest absolute Gasteiger partial charge is 0.426 e. The molecule has 0 bridgehead atoms. The van der Waals surface area contributed by atoms with Crippen molar-refractivity contribution in [3.8, 4) is 0 Å². The van der Waals surface area contributed by atoms with Gasteiger partial charge < -0.3 is 4.74 Å². The minimum Gasteiger partial charge on any atom is -0.443 e. The molecule has 24 heavy (non-hydrogen) atoms. The number of nitrogens with one attached hydrogen (secondary N) is 2. The third-order valence-corrected chi connectivity index (χ3v) is 3.71. The van der Waals surface area contributed by atoms with E-state index in [1.165, 1.54) is 23.9 Å². The van der Waals surface area contributed by atoms with Crippen molar-refractivity contribution in [2.45, 2.75) is 38.2 Å². The maximum atomic E-state index is 12.2. The fourth-order valence-corrected chi connectivity index (χ4v) is 2.66. The number of thioether (sulfide) groups is 1. The SMILES string of the molecule is CCSc1cc([N+](=O)[O-])c(Cl)cc1C(=O)NNC(=O)OC(C)(C)C. The molecule has 0 atom stereocenters. The molecule has 1 aromatic rings. The molecule has 0 aliphatic carbocycles. The number of carbonyl (C=O) groups is 2. The molecule has 0 aromatic heterocycles. The van der Waals surface area contributed by atoms with Gasteiger partial charge in [-0.05, 0) is 32.6 Å². The van der Waals surface area contributed by atoms with E-state index < -0.39 is 22.5 Å². The second-order valence-electron chi connectivity index (χ2n) is 5.57. The lowest BCUT2D eigenvalue weighted by molar-refractivity contribution is -0.384. The lowest BCUT2D eigenvalue weighted by Crippen LogP contribution is -2.44. The predicted molar refractivity (Wildman–Crippen MR) is 91.3 cm³/mol. The summed E-state index contributed by atoms with van der Waals surface area (Å²) in [5, 5.41) is 10.8. The maximum absolute atomic E-state index is 12.2. The highest BCUT2D eigenvalue weighted by atomic mass is 35.5. The first-order valence-electron chi connectivity index (χ1n) is 6.95. The summed E-state index contributed by atoms with van der Waals surface area (Å²) in [7, 11) is 0. The number of nitro groups is 1. The minimum atomic E-state index is -0.825. The van der Waals surface area contributed by atoms with Crippen LogP contribution in [0.2, 0.25) is 5.02 Å². The van der Waals surface area contributed by atoms with Crippen LogP contribution in [0, 0.1) is 10.1 Å². The van der Waals surface area contributed by atoms with Crippen molar-refractivity contribution in [2.75, 3.05) is 5.75 Å². The molecule has 0 radical (unpaired) electrons. The van der Waals surface area contributed by atoms with E-state index in [1.54, 1.807) is 20.8 Å². The van der Waals surface area contributed by atoms with Crippen LogP contribution < -0.4 is 10.9 Å². The number of carbonyl (C=O) groups excluding carboxylic acids is 2. The number of rotatable bonds is 4. The van der Waals surface area contributed by atoms with Gasteiger partial charge in [0.1, 0.15) is 10.6 Å². The van der Waals surface area contributed by atoms with Crippen molar-refractivity contribution in [2.24, 2.45) is 0 Å². The van der Waals surface area contributed by atoms with Gasteiger partial charge in [0.05, 0.1) is 10.5 Å². The summed E-state index contributed by atoms with van der Waals surface area (Å²) in [5.41, 5.74) is 3.43. The fraction of sp³-hybridized carbons (Fsp3) is 0.429. The van der Waals surface area contributed by atoms with Crippen LogP contribution in [0.15, 0.2) is 17.0 Å². The lowest BCUT2D eigenvalue weighted by atomic mass is 10.2. The molecule has 0 saturated carbocycles. The minimum absolute atomic E-state index is 0.119. The van der Waals surface area contributed by atoms with Gasteiger partial charge in [-0.15, -0.1) is 11.8 Å². The molecule has 2 N–H and O–H groups in total. The van der Waals surface area contributed by atoms with Crippen molar-refractivity contribution in [3.05, 3.63) is 32.8 Å². The van der Waals surface area contributed by atoms with Crippen LogP contribution in [0.25, 0.3) is 0 Å². The van der Waals surface area contributed by atoms with Crippen molar-refractivity contribution in [1.29, 1.82) is 0 Å². The zero-order valence-corrected chi connectivity index (χ0v) is 15.2. The van der Waals surface area contributed by atoms with E-state index in [-0.39, 0.29) is 16.3 Å². The molecule has 132 valence electrons. The zero-order valence-electron chi connectivity index (χ0n) is 13.6. The quantitative estimate of drug-likeness (QED) is 0.473. The summed E-state index contributed by atoms with van der Waals surface area (Å²) < 4.78 is 4.99. The van der Waals surface area contributed by atoms with Crippen LogP contribution in [0.4, 0.5) is 10.5 Å². The molecule has 1 aromatic carbocycles. The van der Waals surface area contributed by atoms with Crippen LogP contribution in [-0.4, -0.2) is 28.3 Å². The van der Waals surface area contributed by atoms with E-state index in [1.807, 2.05) is 6.92 Å².